The Hall–Kier alpha value is -10.2. The van der Waals surface area contributed by atoms with E-state index in [2.05, 4.69) is 372 Å². The molecule has 0 saturated heterocycles. The van der Waals surface area contributed by atoms with Crippen LogP contribution in [0.3, 0.4) is 0 Å². The summed E-state index contributed by atoms with van der Waals surface area (Å²) in [5.41, 5.74) is 24.1. The van der Waals surface area contributed by atoms with Crippen LogP contribution in [0.1, 0.15) is 158 Å². The maximum Gasteiger partial charge on any atom is 0.0623 e. The summed E-state index contributed by atoms with van der Waals surface area (Å²) in [7, 11) is 0. The summed E-state index contributed by atoms with van der Waals surface area (Å²) < 4.78 is 0. The van der Waals surface area contributed by atoms with Gasteiger partial charge in [0.2, 0.25) is 0 Å². The van der Waals surface area contributed by atoms with Gasteiger partial charge in [0, 0.05) is 84.6 Å². The van der Waals surface area contributed by atoms with Crippen molar-refractivity contribution in [2.75, 3.05) is 14.7 Å². The minimum atomic E-state index is -0.338. The zero-order valence-electron chi connectivity index (χ0n) is 59.8. The number of unbranched alkanes of at least 4 members (excludes halogenated alkanes) is 2. The van der Waals surface area contributed by atoms with Crippen molar-refractivity contribution in [3.63, 3.8) is 0 Å². The zero-order valence-corrected chi connectivity index (χ0v) is 59.8. The summed E-state index contributed by atoms with van der Waals surface area (Å²) in [6.45, 7) is 13.9. The minimum absolute atomic E-state index is 0.00547. The summed E-state index contributed by atoms with van der Waals surface area (Å²) in [5.74, 6) is 0.150. The van der Waals surface area contributed by atoms with E-state index in [1.54, 1.807) is 0 Å². The van der Waals surface area contributed by atoms with Crippen molar-refractivity contribution in [3.05, 3.63) is 377 Å². The van der Waals surface area contributed by atoms with Crippen LogP contribution >= 0.6 is 0 Å². The van der Waals surface area contributed by atoms with Gasteiger partial charge in [-0.1, -0.05) is 327 Å². The van der Waals surface area contributed by atoms with Crippen molar-refractivity contribution in [3.8, 4) is 11.1 Å². The fourth-order valence-electron chi connectivity index (χ4n) is 15.8. The van der Waals surface area contributed by atoms with Gasteiger partial charge in [0.1, 0.15) is 0 Å². The van der Waals surface area contributed by atoms with Crippen molar-refractivity contribution >= 4 is 50.4 Å². The molecule has 0 radical (unpaired) electrons. The predicted octanol–water partition coefficient (Wildman–Crippen LogP) is 26.9. The molecular formula is C97H99N3. The van der Waals surface area contributed by atoms with E-state index < -0.39 is 0 Å². The van der Waals surface area contributed by atoms with E-state index in [0.29, 0.717) is 0 Å². The average molecular weight is 1310 g/mol. The first-order valence-electron chi connectivity index (χ1n) is 37.3. The standard InChI is InChI=1S/C97H99N3/c1-7-11-13-15-21-52-77-54-30-37-60-90(77)99(93-63-40-34-56-81(93)74-47-26-18-27-48-74)95-70-68-88-84(83-58-32-36-59-87(83)97(88,5)6)67-69-96(100(91-61-38-31-53-76(91)51-20-14-12-8-2)94-64-41-35-57-82(94)75-49-28-19-29-50-75)86-71-78(65-66-85(86)95)98(89(10-4)79(42-9-3)72-43-22-16-23-44-72)92-62-39-33-55-80(92)73-45-24-17-25-46-73/h9,12,14-15,17-22,24-32,34,36-38,40,42-47,49-51,53-71,74,76,91H,7-8,10-11,13,16,23,33,35,39,41,48,52H2,1-6H3/b14-12-,21-15-,42-9-,51-20?,69-67?,70-68?,84-67?,88-68?,89-79-,95-70?,95-85?,96-69?,96-86?. The molecule has 0 saturated carbocycles. The number of nitrogens with zero attached hydrogens (tertiary/aromatic N) is 3. The monoisotopic (exact) mass is 1310 g/mol. The summed E-state index contributed by atoms with van der Waals surface area (Å²) in [6.07, 6.45) is 67.3. The van der Waals surface area contributed by atoms with E-state index in [1.165, 1.54) is 102 Å². The molecule has 13 rings (SSSR count). The number of para-hydroxylation sites is 2. The van der Waals surface area contributed by atoms with Gasteiger partial charge in [-0.15, -0.1) is 0 Å². The van der Waals surface area contributed by atoms with Crippen LogP contribution in [-0.4, -0.2) is 6.04 Å². The topological polar surface area (TPSA) is 9.72 Å². The van der Waals surface area contributed by atoms with Crippen LogP contribution in [0.15, 0.2) is 344 Å². The van der Waals surface area contributed by atoms with Crippen molar-refractivity contribution in [2.24, 2.45) is 5.92 Å². The van der Waals surface area contributed by atoms with Crippen molar-refractivity contribution in [2.45, 2.75) is 142 Å². The van der Waals surface area contributed by atoms with E-state index in [-0.39, 0.29) is 23.3 Å². The minimum Gasteiger partial charge on any atom is -0.333 e. The number of benzene rings is 6. The summed E-state index contributed by atoms with van der Waals surface area (Å²) in [5, 5.41) is 2.26. The number of hydrogen-bond acceptors (Lipinski definition) is 3. The lowest BCUT2D eigenvalue weighted by Gasteiger charge is -2.40. The molecule has 3 nitrogen and oxygen atoms in total. The first-order valence-corrected chi connectivity index (χ1v) is 37.3. The lowest BCUT2D eigenvalue weighted by Crippen LogP contribution is -2.39. The Morgan fingerprint density at radius 3 is 1.95 bits per heavy atom. The fourth-order valence-corrected chi connectivity index (χ4v) is 15.8. The van der Waals surface area contributed by atoms with Crippen LogP contribution in [0.5, 0.6) is 0 Å². The van der Waals surface area contributed by atoms with E-state index in [0.717, 1.165) is 104 Å². The van der Waals surface area contributed by atoms with E-state index >= 15 is 0 Å². The van der Waals surface area contributed by atoms with Gasteiger partial charge >= 0.3 is 0 Å². The van der Waals surface area contributed by atoms with Crippen LogP contribution in [0, 0.1) is 5.92 Å². The van der Waals surface area contributed by atoms with Gasteiger partial charge in [0.15, 0.2) is 0 Å². The lowest BCUT2D eigenvalue weighted by molar-refractivity contribution is 0.649. The summed E-state index contributed by atoms with van der Waals surface area (Å²) >= 11 is 0. The van der Waals surface area contributed by atoms with Crippen molar-refractivity contribution in [1.29, 1.82) is 0 Å². The van der Waals surface area contributed by atoms with Crippen LogP contribution < -0.4 is 14.7 Å². The Labute approximate surface area is 598 Å². The third-order valence-corrected chi connectivity index (χ3v) is 20.7. The third kappa shape index (κ3) is 14.6. The Balaban J connectivity index is 1.25. The Kier molecular flexibility index (Phi) is 22.3. The summed E-state index contributed by atoms with van der Waals surface area (Å²) in [4.78, 5) is 8.13. The molecule has 6 aliphatic carbocycles. The second kappa shape index (κ2) is 32.6. The lowest BCUT2D eigenvalue weighted by atomic mass is 9.83. The molecule has 502 valence electrons. The molecule has 3 heteroatoms. The van der Waals surface area contributed by atoms with Crippen LogP contribution in [0.4, 0.5) is 28.4 Å². The van der Waals surface area contributed by atoms with E-state index in [1.807, 2.05) is 0 Å². The van der Waals surface area contributed by atoms with Gasteiger partial charge in [-0.05, 0) is 164 Å². The highest BCUT2D eigenvalue weighted by Crippen LogP contribution is 2.53. The number of rotatable bonds is 23. The molecule has 6 aliphatic rings. The highest BCUT2D eigenvalue weighted by Gasteiger charge is 2.37. The Bertz CT molecular complexity index is 4660. The molecule has 0 aromatic heterocycles. The maximum atomic E-state index is 2.77. The molecule has 0 amide bonds. The molecule has 100 heavy (non-hydrogen) atoms. The quantitative estimate of drug-likeness (QED) is 0.0359. The van der Waals surface area contributed by atoms with Crippen LogP contribution in [-0.2, 0) is 11.8 Å². The molecule has 0 N–H and O–H groups in total. The second-order valence-corrected chi connectivity index (χ2v) is 27.6. The smallest absolute Gasteiger partial charge is 0.0623 e. The van der Waals surface area contributed by atoms with Gasteiger partial charge in [-0.25, -0.2) is 0 Å². The molecule has 3 atom stereocenters. The molecule has 0 heterocycles. The molecule has 7 aromatic rings. The second-order valence-electron chi connectivity index (χ2n) is 27.6. The van der Waals surface area contributed by atoms with Gasteiger partial charge in [0.05, 0.1) is 11.7 Å². The molecule has 0 aliphatic heterocycles. The number of allylic oxidation sites excluding steroid dienone is 25. The van der Waals surface area contributed by atoms with Gasteiger partial charge in [-0.2, -0.15) is 0 Å². The number of anilines is 5. The normalized spacial score (nSPS) is 18.5. The molecule has 0 bridgehead atoms. The molecule has 7 aromatic carbocycles. The highest BCUT2D eigenvalue weighted by molar-refractivity contribution is 6.07. The van der Waals surface area contributed by atoms with Crippen LogP contribution in [0.2, 0.25) is 0 Å². The molecule has 0 spiro atoms. The number of hydrogen-bond donors (Lipinski definition) is 0. The predicted molar refractivity (Wildman–Crippen MR) is 433 cm³/mol. The highest BCUT2D eigenvalue weighted by atomic mass is 15.2. The Morgan fingerprint density at radius 2 is 1.21 bits per heavy atom. The van der Waals surface area contributed by atoms with Crippen molar-refractivity contribution in [1.82, 2.24) is 0 Å². The first-order chi connectivity index (χ1) is 49.3. The summed E-state index contributed by atoms with van der Waals surface area (Å²) in [6, 6.07) is 67.6. The van der Waals surface area contributed by atoms with Gasteiger partial charge in [-0.3, -0.25) is 0 Å². The first kappa shape index (κ1) is 68.3. The average Bonchev–Trinajstić information content (AvgIpc) is 1.38. The molecular weight excluding hydrogens is 1210 g/mol. The largest absolute Gasteiger partial charge is 0.333 e. The Morgan fingerprint density at radius 1 is 0.540 bits per heavy atom. The third-order valence-electron chi connectivity index (χ3n) is 20.7. The molecule has 3 unspecified atom stereocenters. The SMILES string of the molecule is C/C=C\C(C1=CCCC=C1)=C(/CC)N(C1=CCCC=C1c1ccccc1)c1ccc2c(N(c3ccccc3C/C=C\CCCC)c3ccccc3C3C=CC=CC3)ccc3c(ccc(N(C4=CCCC=C4c4ccccc4)C4C=CC=CC4C=C/C=C\CC)c2c1)-c1ccccc1C3(C)C. The van der Waals surface area contributed by atoms with Crippen LogP contribution in [0.25, 0.3) is 33.0 Å². The van der Waals surface area contributed by atoms with Gasteiger partial charge in [0.25, 0.3) is 0 Å². The van der Waals surface area contributed by atoms with Gasteiger partial charge < -0.3 is 14.7 Å². The maximum absolute atomic E-state index is 2.77. The van der Waals surface area contributed by atoms with E-state index in [4.69, 9.17) is 0 Å². The zero-order chi connectivity index (χ0) is 68.6. The fraction of sp³-hybridized carbons (Fsp3) is 0.237. The molecule has 0 fully saturated rings. The number of fused-ring (bicyclic) bond motifs is 4. The van der Waals surface area contributed by atoms with E-state index in [9.17, 15) is 0 Å². The van der Waals surface area contributed by atoms with Crippen molar-refractivity contribution < 1.29 is 0 Å².